The highest BCUT2D eigenvalue weighted by Gasteiger charge is 2.18. The molecule has 0 amide bonds. The first-order valence-electron chi connectivity index (χ1n) is 5.73. The third-order valence-corrected chi connectivity index (χ3v) is 3.35. The van der Waals surface area contributed by atoms with Crippen LogP contribution in [0.3, 0.4) is 0 Å². The number of nitrogens with two attached hydrogens (primary N) is 1. The number of anilines is 1. The van der Waals surface area contributed by atoms with E-state index in [0.717, 1.165) is 17.6 Å². The molecular weight excluding hydrogens is 200 g/mol. The van der Waals surface area contributed by atoms with Crippen LogP contribution in [0.4, 0.5) is 5.95 Å². The van der Waals surface area contributed by atoms with Gasteiger partial charge in [0.15, 0.2) is 5.65 Å². The molecule has 2 aromatic heterocycles. The van der Waals surface area contributed by atoms with Gasteiger partial charge in [0.2, 0.25) is 5.95 Å². The van der Waals surface area contributed by atoms with E-state index in [9.17, 15) is 0 Å². The number of hydrogen-bond acceptors (Lipinski definition) is 3. The van der Waals surface area contributed by atoms with Gasteiger partial charge >= 0.3 is 0 Å². The SMILES string of the molecule is CCC(C)C(C)n1c(N)nc2cccnc21. The summed E-state index contributed by atoms with van der Waals surface area (Å²) in [5.74, 6) is 1.11. The van der Waals surface area contributed by atoms with Crippen molar-refractivity contribution in [2.24, 2.45) is 5.92 Å². The Morgan fingerprint density at radius 3 is 2.88 bits per heavy atom. The lowest BCUT2D eigenvalue weighted by Crippen LogP contribution is -2.16. The quantitative estimate of drug-likeness (QED) is 0.861. The second-order valence-electron chi connectivity index (χ2n) is 4.31. The van der Waals surface area contributed by atoms with Crippen LogP contribution in [0.2, 0.25) is 0 Å². The molecule has 0 aromatic carbocycles. The summed E-state index contributed by atoms with van der Waals surface area (Å²) in [6.45, 7) is 6.57. The van der Waals surface area contributed by atoms with Gasteiger partial charge in [-0.25, -0.2) is 9.97 Å². The summed E-state index contributed by atoms with van der Waals surface area (Å²) < 4.78 is 2.03. The van der Waals surface area contributed by atoms with E-state index < -0.39 is 0 Å². The zero-order chi connectivity index (χ0) is 11.7. The summed E-state index contributed by atoms with van der Waals surface area (Å²) >= 11 is 0. The summed E-state index contributed by atoms with van der Waals surface area (Å²) in [6, 6.07) is 4.15. The molecule has 2 unspecified atom stereocenters. The maximum absolute atomic E-state index is 5.96. The van der Waals surface area contributed by atoms with E-state index in [0.29, 0.717) is 17.9 Å². The van der Waals surface area contributed by atoms with Crippen LogP contribution in [-0.4, -0.2) is 14.5 Å². The molecule has 2 aromatic rings. The second kappa shape index (κ2) is 4.12. The lowest BCUT2D eigenvalue weighted by Gasteiger charge is -2.21. The average molecular weight is 218 g/mol. The van der Waals surface area contributed by atoms with Gasteiger partial charge < -0.3 is 5.73 Å². The minimum absolute atomic E-state index is 0.324. The molecule has 2 rings (SSSR count). The molecule has 0 aliphatic heterocycles. The maximum Gasteiger partial charge on any atom is 0.202 e. The van der Waals surface area contributed by atoms with Crippen LogP contribution >= 0.6 is 0 Å². The predicted octanol–water partition coefficient (Wildman–Crippen LogP) is 2.62. The number of hydrogen-bond donors (Lipinski definition) is 1. The molecule has 0 aliphatic carbocycles. The molecule has 0 saturated heterocycles. The smallest absolute Gasteiger partial charge is 0.202 e. The molecule has 86 valence electrons. The van der Waals surface area contributed by atoms with Crippen LogP contribution in [0.25, 0.3) is 11.2 Å². The van der Waals surface area contributed by atoms with Crippen molar-refractivity contribution in [1.82, 2.24) is 14.5 Å². The summed E-state index contributed by atoms with van der Waals surface area (Å²) in [4.78, 5) is 8.69. The fourth-order valence-corrected chi connectivity index (χ4v) is 1.94. The fraction of sp³-hybridized carbons (Fsp3) is 0.500. The second-order valence-corrected chi connectivity index (χ2v) is 4.31. The van der Waals surface area contributed by atoms with Crippen molar-refractivity contribution in [2.45, 2.75) is 33.2 Å². The minimum atomic E-state index is 0.324. The molecular formula is C12H18N4. The van der Waals surface area contributed by atoms with E-state index in [1.807, 2.05) is 16.7 Å². The van der Waals surface area contributed by atoms with E-state index in [1.165, 1.54) is 0 Å². The highest BCUT2D eigenvalue weighted by molar-refractivity contribution is 5.73. The lowest BCUT2D eigenvalue weighted by atomic mass is 10.0. The van der Waals surface area contributed by atoms with Crippen molar-refractivity contribution in [2.75, 3.05) is 5.73 Å². The van der Waals surface area contributed by atoms with Crippen LogP contribution in [-0.2, 0) is 0 Å². The van der Waals surface area contributed by atoms with Gasteiger partial charge in [-0.3, -0.25) is 4.57 Å². The van der Waals surface area contributed by atoms with Gasteiger partial charge in [0.1, 0.15) is 5.52 Å². The number of aromatic nitrogens is 3. The lowest BCUT2D eigenvalue weighted by molar-refractivity contribution is 0.379. The predicted molar refractivity (Wildman–Crippen MR) is 66.1 cm³/mol. The zero-order valence-corrected chi connectivity index (χ0v) is 10.0. The largest absolute Gasteiger partial charge is 0.369 e. The first-order chi connectivity index (χ1) is 7.65. The van der Waals surface area contributed by atoms with Crippen molar-refractivity contribution < 1.29 is 0 Å². The fourth-order valence-electron chi connectivity index (χ4n) is 1.94. The monoisotopic (exact) mass is 218 g/mol. The third-order valence-electron chi connectivity index (χ3n) is 3.35. The molecule has 2 N–H and O–H groups in total. The Morgan fingerprint density at radius 2 is 2.19 bits per heavy atom. The molecule has 16 heavy (non-hydrogen) atoms. The molecule has 2 heterocycles. The zero-order valence-electron chi connectivity index (χ0n) is 10.0. The molecule has 0 saturated carbocycles. The molecule has 0 radical (unpaired) electrons. The maximum atomic E-state index is 5.96. The van der Waals surface area contributed by atoms with Gasteiger partial charge in [0, 0.05) is 12.2 Å². The van der Waals surface area contributed by atoms with Crippen molar-refractivity contribution in [1.29, 1.82) is 0 Å². The van der Waals surface area contributed by atoms with E-state index in [1.54, 1.807) is 6.20 Å². The number of fused-ring (bicyclic) bond motifs is 1. The summed E-state index contributed by atoms with van der Waals surface area (Å²) in [7, 11) is 0. The topological polar surface area (TPSA) is 56.7 Å². The van der Waals surface area contributed by atoms with E-state index in [2.05, 4.69) is 30.7 Å². The van der Waals surface area contributed by atoms with Gasteiger partial charge in [-0.1, -0.05) is 20.3 Å². The molecule has 0 aliphatic rings. The standard InChI is InChI=1S/C12H18N4/c1-4-8(2)9(3)16-11-10(15-12(16)13)6-5-7-14-11/h5-9H,4H2,1-3H3,(H2,13,15). The van der Waals surface area contributed by atoms with Crippen LogP contribution in [0.1, 0.15) is 33.2 Å². The Balaban J connectivity index is 2.54. The van der Waals surface area contributed by atoms with Crippen LogP contribution in [0, 0.1) is 5.92 Å². The van der Waals surface area contributed by atoms with Crippen molar-refractivity contribution >= 4 is 17.1 Å². The van der Waals surface area contributed by atoms with Gasteiger partial charge in [0.05, 0.1) is 0 Å². The molecule has 0 fully saturated rings. The number of rotatable bonds is 3. The van der Waals surface area contributed by atoms with Crippen molar-refractivity contribution in [3.05, 3.63) is 18.3 Å². The van der Waals surface area contributed by atoms with Gasteiger partial charge in [-0.2, -0.15) is 0 Å². The molecule has 4 heteroatoms. The van der Waals surface area contributed by atoms with Crippen molar-refractivity contribution in [3.63, 3.8) is 0 Å². The molecule has 0 spiro atoms. The van der Waals surface area contributed by atoms with Gasteiger partial charge in [-0.15, -0.1) is 0 Å². The summed E-state index contributed by atoms with van der Waals surface area (Å²) in [5, 5.41) is 0. The minimum Gasteiger partial charge on any atom is -0.369 e. The first kappa shape index (κ1) is 10.9. The summed E-state index contributed by atoms with van der Waals surface area (Å²) in [5.41, 5.74) is 7.71. The molecule has 4 nitrogen and oxygen atoms in total. The van der Waals surface area contributed by atoms with Gasteiger partial charge in [-0.05, 0) is 25.0 Å². The summed E-state index contributed by atoms with van der Waals surface area (Å²) in [6.07, 6.45) is 2.90. The Labute approximate surface area is 95.5 Å². The van der Waals surface area contributed by atoms with Crippen LogP contribution in [0.15, 0.2) is 18.3 Å². The first-order valence-corrected chi connectivity index (χ1v) is 5.73. The number of nitrogens with zero attached hydrogens (tertiary/aromatic N) is 3. The normalized spacial score (nSPS) is 15.2. The molecule has 0 bridgehead atoms. The average Bonchev–Trinajstić information content (AvgIpc) is 2.63. The van der Waals surface area contributed by atoms with Gasteiger partial charge in [0.25, 0.3) is 0 Å². The van der Waals surface area contributed by atoms with Crippen LogP contribution < -0.4 is 5.73 Å². The van der Waals surface area contributed by atoms with E-state index >= 15 is 0 Å². The third kappa shape index (κ3) is 1.64. The van der Waals surface area contributed by atoms with Crippen molar-refractivity contribution in [3.8, 4) is 0 Å². The van der Waals surface area contributed by atoms with E-state index in [-0.39, 0.29) is 0 Å². The number of imidazole rings is 1. The Kier molecular flexibility index (Phi) is 2.81. The Bertz CT molecular complexity index is 489. The highest BCUT2D eigenvalue weighted by atomic mass is 15.2. The Morgan fingerprint density at radius 1 is 1.44 bits per heavy atom. The number of pyridine rings is 1. The Hall–Kier alpha value is -1.58. The van der Waals surface area contributed by atoms with Crippen LogP contribution in [0.5, 0.6) is 0 Å². The molecule has 2 atom stereocenters. The van der Waals surface area contributed by atoms with E-state index in [4.69, 9.17) is 5.73 Å². The highest BCUT2D eigenvalue weighted by Crippen LogP contribution is 2.27. The number of nitrogen functional groups attached to an aromatic ring is 1.